The number of nitrogens with one attached hydrogen (secondary N) is 1. The molecule has 174 valence electrons. The number of nitro benzene ring substituents is 1. The molecular weight excluding hydrogens is 442 g/mol. The highest BCUT2D eigenvalue weighted by atomic mass is 32.2. The molecule has 9 nitrogen and oxygen atoms in total. The second kappa shape index (κ2) is 10.0. The van der Waals surface area contributed by atoms with Crippen molar-refractivity contribution in [2.24, 2.45) is 0 Å². The van der Waals surface area contributed by atoms with Gasteiger partial charge >= 0.3 is 0 Å². The van der Waals surface area contributed by atoms with E-state index in [9.17, 15) is 14.9 Å². The summed E-state index contributed by atoms with van der Waals surface area (Å²) >= 11 is 1.27. The zero-order valence-corrected chi connectivity index (χ0v) is 20.1. The van der Waals surface area contributed by atoms with Gasteiger partial charge in [-0.25, -0.2) is 0 Å². The summed E-state index contributed by atoms with van der Waals surface area (Å²) in [6, 6.07) is 12.3. The highest BCUT2D eigenvalue weighted by Crippen LogP contribution is 2.30. The van der Waals surface area contributed by atoms with Crippen LogP contribution in [-0.4, -0.2) is 38.5 Å². The van der Waals surface area contributed by atoms with Crippen LogP contribution in [0.5, 0.6) is 5.75 Å². The maximum absolute atomic E-state index is 12.5. The third-order valence-electron chi connectivity index (χ3n) is 5.04. The highest BCUT2D eigenvalue weighted by molar-refractivity contribution is 7.99. The molecule has 0 radical (unpaired) electrons. The fourth-order valence-electron chi connectivity index (χ4n) is 3.23. The predicted octanol–water partition coefficient (Wildman–Crippen LogP) is 4.91. The minimum atomic E-state index is -0.518. The Morgan fingerprint density at radius 3 is 2.45 bits per heavy atom. The van der Waals surface area contributed by atoms with E-state index in [1.54, 1.807) is 0 Å². The molecule has 0 aliphatic heterocycles. The summed E-state index contributed by atoms with van der Waals surface area (Å²) in [5.41, 5.74) is 2.52. The number of aromatic nitrogens is 3. The van der Waals surface area contributed by atoms with E-state index in [1.165, 1.54) is 42.6 Å². The quantitative estimate of drug-likeness (QED) is 0.283. The van der Waals surface area contributed by atoms with E-state index in [-0.39, 0.29) is 28.5 Å². The number of ether oxygens (including phenoxy) is 1. The van der Waals surface area contributed by atoms with E-state index in [2.05, 4.69) is 48.4 Å². The topological polar surface area (TPSA) is 112 Å². The number of nitro groups is 1. The van der Waals surface area contributed by atoms with Gasteiger partial charge in [0.05, 0.1) is 29.5 Å². The normalized spacial score (nSPS) is 11.3. The van der Waals surface area contributed by atoms with E-state index >= 15 is 0 Å². The summed E-state index contributed by atoms with van der Waals surface area (Å²) in [6.45, 7) is 9.17. The summed E-state index contributed by atoms with van der Waals surface area (Å²) in [5, 5.41) is 22.9. The van der Waals surface area contributed by atoms with Gasteiger partial charge in [-0.05, 0) is 24.0 Å². The van der Waals surface area contributed by atoms with Crippen molar-refractivity contribution in [3.63, 3.8) is 0 Å². The second-order valence-corrected chi connectivity index (χ2v) is 9.30. The lowest BCUT2D eigenvalue weighted by atomic mass is 9.87. The molecule has 0 spiro atoms. The molecule has 1 aromatic heterocycles. The van der Waals surface area contributed by atoms with Crippen molar-refractivity contribution in [2.45, 2.75) is 44.8 Å². The zero-order valence-electron chi connectivity index (χ0n) is 19.3. The Bertz CT molecular complexity index is 1150. The monoisotopic (exact) mass is 469 g/mol. The minimum Gasteiger partial charge on any atom is -0.494 e. The van der Waals surface area contributed by atoms with Crippen LogP contribution in [0.1, 0.15) is 33.3 Å². The van der Waals surface area contributed by atoms with E-state index in [0.717, 1.165) is 11.4 Å². The van der Waals surface area contributed by atoms with Crippen LogP contribution in [0.15, 0.2) is 47.6 Å². The van der Waals surface area contributed by atoms with E-state index in [0.29, 0.717) is 17.4 Å². The van der Waals surface area contributed by atoms with Gasteiger partial charge in [0, 0.05) is 18.2 Å². The van der Waals surface area contributed by atoms with Crippen molar-refractivity contribution in [1.29, 1.82) is 0 Å². The van der Waals surface area contributed by atoms with Crippen LogP contribution in [0.4, 0.5) is 11.4 Å². The average Bonchev–Trinajstić information content (AvgIpc) is 3.20. The number of rotatable bonds is 8. The van der Waals surface area contributed by atoms with Crippen molar-refractivity contribution >= 4 is 29.0 Å². The van der Waals surface area contributed by atoms with Crippen molar-refractivity contribution in [2.75, 3.05) is 18.2 Å². The molecule has 1 heterocycles. The molecule has 10 heteroatoms. The molecule has 0 fully saturated rings. The third-order valence-corrected chi connectivity index (χ3v) is 6.01. The number of carbonyl (C=O) groups excluding carboxylic acids is 1. The molecule has 0 bridgehead atoms. The van der Waals surface area contributed by atoms with Crippen LogP contribution in [0.2, 0.25) is 0 Å². The van der Waals surface area contributed by atoms with Crippen molar-refractivity contribution < 1.29 is 14.5 Å². The standard InChI is InChI=1S/C23H27N5O4S/c1-6-27-21(15-7-9-16(10-8-15)23(2,3)4)25-26-22(27)33-14-20(29)24-18-12-11-17(28(30)31)13-19(18)32-5/h7-13H,6,14H2,1-5H3,(H,24,29). The first-order chi connectivity index (χ1) is 15.6. The molecule has 33 heavy (non-hydrogen) atoms. The smallest absolute Gasteiger partial charge is 0.273 e. The Hall–Kier alpha value is -3.40. The molecule has 0 aliphatic rings. The highest BCUT2D eigenvalue weighted by Gasteiger charge is 2.18. The van der Waals surface area contributed by atoms with E-state index in [1.807, 2.05) is 23.6 Å². The predicted molar refractivity (Wildman–Crippen MR) is 129 cm³/mol. The summed E-state index contributed by atoms with van der Waals surface area (Å²) in [4.78, 5) is 22.9. The fourth-order valence-corrected chi connectivity index (χ4v) is 4.03. The molecule has 1 amide bonds. The number of non-ortho nitro benzene ring substituents is 1. The molecule has 0 saturated carbocycles. The van der Waals surface area contributed by atoms with Crippen molar-refractivity contribution in [1.82, 2.24) is 14.8 Å². The molecular formula is C23H27N5O4S. The Balaban J connectivity index is 1.70. The Kier molecular flexibility index (Phi) is 7.37. The molecule has 3 aromatic rings. The summed E-state index contributed by atoms with van der Waals surface area (Å²) in [6.07, 6.45) is 0. The van der Waals surface area contributed by atoms with Crippen LogP contribution in [0.25, 0.3) is 11.4 Å². The SMILES string of the molecule is CCn1c(SCC(=O)Nc2ccc([N+](=O)[O-])cc2OC)nnc1-c1ccc(C(C)(C)C)cc1. The van der Waals surface area contributed by atoms with Gasteiger partial charge in [-0.15, -0.1) is 10.2 Å². The first-order valence-electron chi connectivity index (χ1n) is 10.4. The molecule has 2 aromatic carbocycles. The number of amides is 1. The Labute approximate surface area is 196 Å². The zero-order chi connectivity index (χ0) is 24.2. The number of nitrogens with zero attached hydrogens (tertiary/aromatic N) is 4. The lowest BCUT2D eigenvalue weighted by molar-refractivity contribution is -0.384. The van der Waals surface area contributed by atoms with Gasteiger partial charge < -0.3 is 14.6 Å². The van der Waals surface area contributed by atoms with Crippen LogP contribution < -0.4 is 10.1 Å². The van der Waals surface area contributed by atoms with E-state index < -0.39 is 4.92 Å². The average molecular weight is 470 g/mol. The maximum Gasteiger partial charge on any atom is 0.273 e. The van der Waals surface area contributed by atoms with Gasteiger partial charge in [-0.1, -0.05) is 56.8 Å². The molecule has 1 N–H and O–H groups in total. The minimum absolute atomic E-state index is 0.0671. The molecule has 0 atom stereocenters. The number of methoxy groups -OCH3 is 1. The van der Waals surface area contributed by atoms with Gasteiger partial charge in [0.15, 0.2) is 11.0 Å². The largest absolute Gasteiger partial charge is 0.494 e. The van der Waals surface area contributed by atoms with Gasteiger partial charge in [0.1, 0.15) is 5.75 Å². The van der Waals surface area contributed by atoms with Gasteiger partial charge in [-0.3, -0.25) is 14.9 Å². The molecule has 3 rings (SSSR count). The lowest BCUT2D eigenvalue weighted by Crippen LogP contribution is -2.15. The summed E-state index contributed by atoms with van der Waals surface area (Å²) in [7, 11) is 1.39. The van der Waals surface area contributed by atoms with Gasteiger partial charge in [-0.2, -0.15) is 0 Å². The number of hydrogen-bond donors (Lipinski definition) is 1. The fraction of sp³-hybridized carbons (Fsp3) is 0.348. The Morgan fingerprint density at radius 1 is 1.18 bits per heavy atom. The molecule has 0 aliphatic carbocycles. The number of benzene rings is 2. The number of anilines is 1. The van der Waals surface area contributed by atoms with Crippen LogP contribution in [0.3, 0.4) is 0 Å². The first kappa shape index (κ1) is 24.2. The first-order valence-corrected chi connectivity index (χ1v) is 11.4. The van der Waals surface area contributed by atoms with Crippen LogP contribution >= 0.6 is 11.8 Å². The van der Waals surface area contributed by atoms with Crippen LogP contribution in [0, 0.1) is 10.1 Å². The lowest BCUT2D eigenvalue weighted by Gasteiger charge is -2.19. The number of thioether (sulfide) groups is 1. The Morgan fingerprint density at radius 2 is 1.88 bits per heavy atom. The molecule has 0 saturated heterocycles. The van der Waals surface area contributed by atoms with E-state index in [4.69, 9.17) is 4.74 Å². The third kappa shape index (κ3) is 5.70. The maximum atomic E-state index is 12.5. The van der Waals surface area contributed by atoms with Crippen molar-refractivity contribution in [3.05, 3.63) is 58.1 Å². The van der Waals surface area contributed by atoms with Crippen LogP contribution in [-0.2, 0) is 16.8 Å². The second-order valence-electron chi connectivity index (χ2n) is 8.36. The summed E-state index contributed by atoms with van der Waals surface area (Å²) < 4.78 is 7.13. The number of hydrogen-bond acceptors (Lipinski definition) is 7. The number of carbonyl (C=O) groups is 1. The summed E-state index contributed by atoms with van der Waals surface area (Å²) in [5.74, 6) is 0.786. The van der Waals surface area contributed by atoms with Gasteiger partial charge in [0.2, 0.25) is 5.91 Å². The van der Waals surface area contributed by atoms with Gasteiger partial charge in [0.25, 0.3) is 5.69 Å². The molecule has 0 unspecified atom stereocenters. The van der Waals surface area contributed by atoms with Crippen molar-refractivity contribution in [3.8, 4) is 17.1 Å².